The largest absolute Gasteiger partial charge is 0.487 e. The van der Waals surface area contributed by atoms with Crippen LogP contribution in [0.1, 0.15) is 31.2 Å². The average molecular weight is 462 g/mol. The standard InChI is InChI=1S/C22H24ClN3O4S/c1-31(28,29)13-14-3-2-4-16(11-14)25-22-24-12-15-5-10-19(23)21(20(15)26-22)30-18-8-6-17(27)7-9-18/h2-5,10-12,17-18,27H,6-9,13H2,1H3,(H,24,25,26). The van der Waals surface area contributed by atoms with Crippen molar-refractivity contribution in [3.63, 3.8) is 0 Å². The molecule has 7 nitrogen and oxygen atoms in total. The van der Waals surface area contributed by atoms with E-state index in [-0.39, 0.29) is 18.0 Å². The van der Waals surface area contributed by atoms with Crippen molar-refractivity contribution >= 4 is 44.0 Å². The molecule has 164 valence electrons. The van der Waals surface area contributed by atoms with Gasteiger partial charge in [0, 0.05) is 23.5 Å². The number of anilines is 2. The Kier molecular flexibility index (Phi) is 6.31. The number of hydrogen-bond acceptors (Lipinski definition) is 7. The molecule has 0 unspecified atom stereocenters. The van der Waals surface area contributed by atoms with Crippen LogP contribution in [0.5, 0.6) is 5.75 Å². The number of fused-ring (bicyclic) bond motifs is 1. The molecular weight excluding hydrogens is 438 g/mol. The number of benzene rings is 2. The number of nitrogens with zero attached hydrogens (tertiary/aromatic N) is 2. The van der Waals surface area contributed by atoms with E-state index in [1.165, 1.54) is 6.26 Å². The molecule has 0 saturated heterocycles. The summed E-state index contributed by atoms with van der Waals surface area (Å²) in [5.74, 6) is 0.831. The maximum Gasteiger partial charge on any atom is 0.227 e. The molecular formula is C22H24ClN3O4S. The molecule has 0 bridgehead atoms. The van der Waals surface area contributed by atoms with E-state index in [0.29, 0.717) is 46.3 Å². The Balaban J connectivity index is 1.61. The second kappa shape index (κ2) is 8.98. The molecule has 1 heterocycles. The molecule has 1 saturated carbocycles. The molecule has 3 aromatic rings. The van der Waals surface area contributed by atoms with E-state index >= 15 is 0 Å². The molecule has 0 radical (unpaired) electrons. The number of halogens is 1. The Morgan fingerprint density at radius 1 is 1.19 bits per heavy atom. The summed E-state index contributed by atoms with van der Waals surface area (Å²) < 4.78 is 29.4. The smallest absolute Gasteiger partial charge is 0.227 e. The minimum Gasteiger partial charge on any atom is -0.487 e. The summed E-state index contributed by atoms with van der Waals surface area (Å²) in [4.78, 5) is 8.98. The SMILES string of the molecule is CS(=O)(=O)Cc1cccc(Nc2ncc3ccc(Cl)c(OC4CCC(O)CC4)c3n2)c1. The zero-order valence-electron chi connectivity index (χ0n) is 17.1. The van der Waals surface area contributed by atoms with Crippen LogP contribution in [0.4, 0.5) is 11.6 Å². The van der Waals surface area contributed by atoms with Gasteiger partial charge in [0.15, 0.2) is 15.6 Å². The Hall–Kier alpha value is -2.42. The van der Waals surface area contributed by atoms with E-state index in [9.17, 15) is 13.5 Å². The normalized spacial score (nSPS) is 19.3. The van der Waals surface area contributed by atoms with Crippen molar-refractivity contribution in [3.8, 4) is 5.75 Å². The predicted octanol–water partition coefficient (Wildman–Crippen LogP) is 4.25. The summed E-state index contributed by atoms with van der Waals surface area (Å²) in [5, 5.41) is 14.1. The van der Waals surface area contributed by atoms with Crippen LogP contribution in [0.15, 0.2) is 42.6 Å². The lowest BCUT2D eigenvalue weighted by Gasteiger charge is -2.26. The molecule has 31 heavy (non-hydrogen) atoms. The topological polar surface area (TPSA) is 101 Å². The number of nitrogens with one attached hydrogen (secondary N) is 1. The first-order chi connectivity index (χ1) is 14.8. The van der Waals surface area contributed by atoms with E-state index in [2.05, 4.69) is 15.3 Å². The van der Waals surface area contributed by atoms with E-state index < -0.39 is 9.84 Å². The molecule has 2 N–H and O–H groups in total. The highest BCUT2D eigenvalue weighted by molar-refractivity contribution is 7.89. The van der Waals surface area contributed by atoms with Gasteiger partial charge in [-0.15, -0.1) is 0 Å². The Labute approximate surface area is 186 Å². The van der Waals surface area contributed by atoms with Crippen molar-refractivity contribution in [3.05, 3.63) is 53.2 Å². The number of aromatic nitrogens is 2. The van der Waals surface area contributed by atoms with Gasteiger partial charge in [0.05, 0.1) is 23.0 Å². The monoisotopic (exact) mass is 461 g/mol. The molecule has 0 atom stereocenters. The van der Waals surface area contributed by atoms with Crippen LogP contribution in [0.25, 0.3) is 10.9 Å². The van der Waals surface area contributed by atoms with Gasteiger partial charge in [-0.25, -0.2) is 18.4 Å². The fourth-order valence-corrected chi connectivity index (χ4v) is 4.70. The minimum absolute atomic E-state index is 0.0226. The van der Waals surface area contributed by atoms with Crippen LogP contribution < -0.4 is 10.1 Å². The lowest BCUT2D eigenvalue weighted by Crippen LogP contribution is -2.26. The number of aliphatic hydroxyl groups excluding tert-OH is 1. The van der Waals surface area contributed by atoms with Gasteiger partial charge < -0.3 is 15.2 Å². The third kappa shape index (κ3) is 5.64. The molecule has 0 aliphatic heterocycles. The van der Waals surface area contributed by atoms with Gasteiger partial charge in [0.2, 0.25) is 5.95 Å². The summed E-state index contributed by atoms with van der Waals surface area (Å²) in [5.41, 5.74) is 1.97. The van der Waals surface area contributed by atoms with Gasteiger partial charge >= 0.3 is 0 Å². The van der Waals surface area contributed by atoms with E-state index in [0.717, 1.165) is 18.2 Å². The van der Waals surface area contributed by atoms with Crippen LogP contribution in [-0.2, 0) is 15.6 Å². The Morgan fingerprint density at radius 3 is 2.71 bits per heavy atom. The molecule has 1 aliphatic carbocycles. The van der Waals surface area contributed by atoms with Crippen molar-refractivity contribution < 1.29 is 18.3 Å². The zero-order chi connectivity index (χ0) is 22.0. The summed E-state index contributed by atoms with van der Waals surface area (Å²) in [7, 11) is -3.13. The number of ether oxygens (including phenoxy) is 1. The first kappa shape index (κ1) is 21.8. The summed E-state index contributed by atoms with van der Waals surface area (Å²) in [6.45, 7) is 0. The molecule has 0 spiro atoms. The molecule has 1 fully saturated rings. The van der Waals surface area contributed by atoms with E-state index in [4.69, 9.17) is 16.3 Å². The molecule has 9 heteroatoms. The zero-order valence-corrected chi connectivity index (χ0v) is 18.7. The molecule has 4 rings (SSSR count). The van der Waals surface area contributed by atoms with Crippen molar-refractivity contribution in [1.82, 2.24) is 9.97 Å². The van der Waals surface area contributed by atoms with Crippen LogP contribution >= 0.6 is 11.6 Å². The van der Waals surface area contributed by atoms with E-state index in [1.54, 1.807) is 30.5 Å². The van der Waals surface area contributed by atoms with Gasteiger partial charge in [-0.1, -0.05) is 23.7 Å². The van der Waals surface area contributed by atoms with Gasteiger partial charge in [0.25, 0.3) is 0 Å². The molecule has 2 aromatic carbocycles. The number of rotatable bonds is 6. The van der Waals surface area contributed by atoms with Crippen LogP contribution in [0, 0.1) is 0 Å². The van der Waals surface area contributed by atoms with Gasteiger partial charge in [-0.2, -0.15) is 0 Å². The molecule has 1 aliphatic rings. The summed E-state index contributed by atoms with van der Waals surface area (Å²) in [6, 6.07) is 10.7. The fraction of sp³-hybridized carbons (Fsp3) is 0.364. The highest BCUT2D eigenvalue weighted by Crippen LogP contribution is 2.35. The van der Waals surface area contributed by atoms with Crippen LogP contribution in [0.3, 0.4) is 0 Å². The highest BCUT2D eigenvalue weighted by Gasteiger charge is 2.23. The van der Waals surface area contributed by atoms with E-state index in [1.807, 2.05) is 12.1 Å². The summed E-state index contributed by atoms with van der Waals surface area (Å²) in [6.07, 6.45) is 5.55. The van der Waals surface area contributed by atoms with Crippen LogP contribution in [0.2, 0.25) is 5.02 Å². The van der Waals surface area contributed by atoms with Crippen molar-refractivity contribution in [2.45, 2.75) is 43.6 Å². The molecule has 0 amide bonds. The minimum atomic E-state index is -3.13. The second-order valence-electron chi connectivity index (χ2n) is 7.95. The maximum absolute atomic E-state index is 11.6. The van der Waals surface area contributed by atoms with Gasteiger partial charge in [-0.3, -0.25) is 0 Å². The maximum atomic E-state index is 11.6. The lowest BCUT2D eigenvalue weighted by molar-refractivity contribution is 0.0673. The second-order valence-corrected chi connectivity index (χ2v) is 10.5. The fourth-order valence-electron chi connectivity index (χ4n) is 3.72. The average Bonchev–Trinajstić information content (AvgIpc) is 2.71. The van der Waals surface area contributed by atoms with Gasteiger partial charge in [0.1, 0.15) is 5.52 Å². The first-order valence-corrected chi connectivity index (χ1v) is 12.5. The first-order valence-electron chi connectivity index (χ1n) is 10.1. The number of hydrogen-bond donors (Lipinski definition) is 2. The Morgan fingerprint density at radius 2 is 1.97 bits per heavy atom. The number of aliphatic hydroxyl groups is 1. The summed E-state index contributed by atoms with van der Waals surface area (Å²) >= 11 is 6.43. The highest BCUT2D eigenvalue weighted by atomic mass is 35.5. The van der Waals surface area contributed by atoms with Crippen molar-refractivity contribution in [2.24, 2.45) is 0 Å². The number of sulfone groups is 1. The Bertz CT molecular complexity index is 1190. The quantitative estimate of drug-likeness (QED) is 0.565. The van der Waals surface area contributed by atoms with Crippen molar-refractivity contribution in [2.75, 3.05) is 11.6 Å². The van der Waals surface area contributed by atoms with Gasteiger partial charge in [-0.05, 0) is 55.5 Å². The third-order valence-electron chi connectivity index (χ3n) is 5.20. The third-order valence-corrected chi connectivity index (χ3v) is 6.35. The molecule has 1 aromatic heterocycles. The predicted molar refractivity (Wildman–Crippen MR) is 122 cm³/mol. The van der Waals surface area contributed by atoms with Crippen LogP contribution in [-0.4, -0.2) is 42.0 Å². The van der Waals surface area contributed by atoms with Crippen molar-refractivity contribution in [1.29, 1.82) is 0 Å². The lowest BCUT2D eigenvalue weighted by atomic mass is 9.95.